The summed E-state index contributed by atoms with van der Waals surface area (Å²) in [6, 6.07) is -0.798. The number of aliphatic hydroxyl groups is 1. The second-order valence-corrected chi connectivity index (χ2v) is 10.7. The van der Waals surface area contributed by atoms with Gasteiger partial charge in [0.25, 0.3) is 0 Å². The Labute approximate surface area is 216 Å². The molecule has 0 aromatic heterocycles. The van der Waals surface area contributed by atoms with Gasteiger partial charge in [0, 0.05) is 38.8 Å². The van der Waals surface area contributed by atoms with Crippen molar-refractivity contribution in [2.45, 2.75) is 89.5 Å². The number of aliphatic hydroxyl groups excluding tert-OH is 1. The Morgan fingerprint density at radius 3 is 2.47 bits per heavy atom. The molecule has 0 aliphatic carbocycles. The number of likely N-dealkylation sites (tertiary alicyclic amines) is 1. The minimum absolute atomic E-state index is 0.0591. The van der Waals surface area contributed by atoms with Crippen molar-refractivity contribution in [3.63, 3.8) is 0 Å². The summed E-state index contributed by atoms with van der Waals surface area (Å²) in [5.74, 6) is -1.53. The largest absolute Gasteiger partial charge is 0.396 e. The summed E-state index contributed by atoms with van der Waals surface area (Å²) in [6.07, 6.45) is 8.36. The van der Waals surface area contributed by atoms with Gasteiger partial charge in [0.1, 0.15) is 11.6 Å². The molecule has 2 bridgehead atoms. The highest BCUT2D eigenvalue weighted by Gasteiger charge is 2.74. The molecule has 8 heteroatoms. The van der Waals surface area contributed by atoms with Gasteiger partial charge >= 0.3 is 0 Å². The number of carbonyl (C=O) groups is 3. The van der Waals surface area contributed by atoms with Crippen LogP contribution in [0.3, 0.4) is 0 Å². The van der Waals surface area contributed by atoms with Gasteiger partial charge in [-0.05, 0) is 46.0 Å². The van der Waals surface area contributed by atoms with Crippen LogP contribution < -0.4 is 0 Å². The van der Waals surface area contributed by atoms with Gasteiger partial charge in [-0.25, -0.2) is 0 Å². The zero-order chi connectivity index (χ0) is 26.5. The van der Waals surface area contributed by atoms with Gasteiger partial charge in [0.15, 0.2) is 0 Å². The number of ether oxygens (including phenoxy) is 1. The molecule has 36 heavy (non-hydrogen) atoms. The second kappa shape index (κ2) is 12.4. The van der Waals surface area contributed by atoms with Gasteiger partial charge in [-0.1, -0.05) is 31.9 Å². The van der Waals surface area contributed by atoms with Crippen LogP contribution >= 0.6 is 0 Å². The van der Waals surface area contributed by atoms with E-state index in [1.54, 1.807) is 26.9 Å². The van der Waals surface area contributed by atoms with E-state index in [0.717, 1.165) is 32.1 Å². The topological polar surface area (TPSA) is 90.4 Å². The number of hydrogen-bond acceptors (Lipinski definition) is 5. The molecule has 0 aromatic rings. The molecule has 2 unspecified atom stereocenters. The van der Waals surface area contributed by atoms with Gasteiger partial charge < -0.3 is 24.5 Å². The van der Waals surface area contributed by atoms with Crippen LogP contribution in [0.1, 0.15) is 65.7 Å². The third-order valence-electron chi connectivity index (χ3n) is 8.01. The fraction of sp³-hybridized carbons (Fsp3) is 0.750. The molecule has 1 N–H and O–H groups in total. The summed E-state index contributed by atoms with van der Waals surface area (Å²) in [7, 11) is 0. The Morgan fingerprint density at radius 2 is 1.86 bits per heavy atom. The van der Waals surface area contributed by atoms with Crippen LogP contribution in [-0.2, 0) is 19.1 Å². The molecule has 3 amide bonds. The van der Waals surface area contributed by atoms with Crippen molar-refractivity contribution in [3.8, 4) is 0 Å². The van der Waals surface area contributed by atoms with Crippen molar-refractivity contribution in [1.82, 2.24) is 14.7 Å². The zero-order valence-corrected chi connectivity index (χ0v) is 22.4. The first kappa shape index (κ1) is 28.4. The standard InChI is InChI=1S/C28H45N3O5/c1-6-15-29(16-7-2)25(33)22-21-13-14-28(36-21)23(22)26(34)31(18-11-9-10-12-19-32)24(28)27(35)30(17-8-3)20(4)5/h6,8,20-24,32H,1,3,7,9-19H2,2,4-5H3/t21-,22+,23-,24?,28?/m0/s1. The summed E-state index contributed by atoms with van der Waals surface area (Å²) >= 11 is 0. The molecule has 3 aliphatic rings. The number of carbonyl (C=O) groups excluding carboxylic acids is 3. The summed E-state index contributed by atoms with van der Waals surface area (Å²) < 4.78 is 6.57. The SMILES string of the molecule is C=CCN(CCC)C(=O)[C@@H]1[C@@H]2CCC3(O2)C(C(=O)N(CC=C)C(C)C)N(CCCCCCO)C(=O)[C@H]13. The summed E-state index contributed by atoms with van der Waals surface area (Å²) in [6.45, 7) is 15.6. The molecule has 0 aromatic carbocycles. The first-order valence-electron chi connectivity index (χ1n) is 13.7. The maximum absolute atomic E-state index is 14.1. The molecule has 3 aliphatic heterocycles. The summed E-state index contributed by atoms with van der Waals surface area (Å²) in [5.41, 5.74) is -0.968. The zero-order valence-electron chi connectivity index (χ0n) is 22.4. The Kier molecular flexibility index (Phi) is 9.75. The van der Waals surface area contributed by atoms with E-state index in [-0.39, 0.29) is 36.5 Å². The third kappa shape index (κ3) is 5.12. The van der Waals surface area contributed by atoms with E-state index in [0.29, 0.717) is 39.0 Å². The van der Waals surface area contributed by atoms with E-state index < -0.39 is 23.5 Å². The Bertz CT molecular complexity index is 830. The Balaban J connectivity index is 1.96. The molecule has 0 radical (unpaired) electrons. The van der Waals surface area contributed by atoms with Crippen LogP contribution in [0.25, 0.3) is 0 Å². The number of rotatable bonds is 15. The number of fused-ring (bicyclic) bond motifs is 1. The maximum atomic E-state index is 14.1. The van der Waals surface area contributed by atoms with Crippen molar-refractivity contribution in [3.05, 3.63) is 25.3 Å². The average Bonchev–Trinajstić information content (AvgIpc) is 3.49. The van der Waals surface area contributed by atoms with E-state index >= 15 is 0 Å². The monoisotopic (exact) mass is 503 g/mol. The molecular weight excluding hydrogens is 458 g/mol. The Morgan fingerprint density at radius 1 is 1.17 bits per heavy atom. The average molecular weight is 504 g/mol. The van der Waals surface area contributed by atoms with E-state index in [2.05, 4.69) is 13.2 Å². The third-order valence-corrected chi connectivity index (χ3v) is 8.01. The first-order valence-corrected chi connectivity index (χ1v) is 13.7. The van der Waals surface area contributed by atoms with Gasteiger partial charge in [-0.3, -0.25) is 14.4 Å². The molecule has 3 heterocycles. The summed E-state index contributed by atoms with van der Waals surface area (Å²) in [4.78, 5) is 47.1. The van der Waals surface area contributed by atoms with Crippen LogP contribution in [-0.4, -0.2) is 94.1 Å². The van der Waals surface area contributed by atoms with Crippen molar-refractivity contribution >= 4 is 17.7 Å². The molecule has 5 atom stereocenters. The predicted molar refractivity (Wildman–Crippen MR) is 139 cm³/mol. The summed E-state index contributed by atoms with van der Waals surface area (Å²) in [5, 5.41) is 9.10. The number of hydrogen-bond donors (Lipinski definition) is 1. The molecule has 3 rings (SSSR count). The highest BCUT2D eigenvalue weighted by Crippen LogP contribution is 2.59. The molecule has 202 valence electrons. The van der Waals surface area contributed by atoms with Crippen molar-refractivity contribution in [2.24, 2.45) is 11.8 Å². The molecule has 3 saturated heterocycles. The van der Waals surface area contributed by atoms with E-state index in [1.807, 2.05) is 20.8 Å². The smallest absolute Gasteiger partial charge is 0.248 e. The lowest BCUT2D eigenvalue weighted by atomic mass is 9.70. The fourth-order valence-electron chi connectivity index (χ4n) is 6.48. The lowest BCUT2D eigenvalue weighted by Gasteiger charge is -2.38. The molecular formula is C28H45N3O5. The van der Waals surface area contributed by atoms with Crippen LogP contribution in [0.5, 0.6) is 0 Å². The van der Waals surface area contributed by atoms with Crippen LogP contribution in [0.2, 0.25) is 0 Å². The van der Waals surface area contributed by atoms with Crippen LogP contribution in [0.15, 0.2) is 25.3 Å². The van der Waals surface area contributed by atoms with Gasteiger partial charge in [-0.15, -0.1) is 13.2 Å². The fourth-order valence-corrected chi connectivity index (χ4v) is 6.48. The minimum Gasteiger partial charge on any atom is -0.396 e. The lowest BCUT2D eigenvalue weighted by molar-refractivity contribution is -0.149. The number of unbranched alkanes of at least 4 members (excludes halogenated alkanes) is 3. The lowest BCUT2D eigenvalue weighted by Crippen LogP contribution is -2.57. The predicted octanol–water partition coefficient (Wildman–Crippen LogP) is 2.76. The maximum Gasteiger partial charge on any atom is 0.248 e. The van der Waals surface area contributed by atoms with Crippen molar-refractivity contribution < 1.29 is 24.2 Å². The van der Waals surface area contributed by atoms with Gasteiger partial charge in [0.2, 0.25) is 17.7 Å². The normalized spacial score (nSPS) is 28.5. The molecule has 8 nitrogen and oxygen atoms in total. The van der Waals surface area contributed by atoms with Crippen LogP contribution in [0, 0.1) is 11.8 Å². The number of nitrogens with zero attached hydrogens (tertiary/aromatic N) is 3. The highest BCUT2D eigenvalue weighted by atomic mass is 16.5. The molecule has 1 spiro atoms. The van der Waals surface area contributed by atoms with Crippen LogP contribution in [0.4, 0.5) is 0 Å². The van der Waals surface area contributed by atoms with Crippen molar-refractivity contribution in [2.75, 3.05) is 32.8 Å². The highest BCUT2D eigenvalue weighted by molar-refractivity contribution is 5.99. The van der Waals surface area contributed by atoms with Crippen molar-refractivity contribution in [1.29, 1.82) is 0 Å². The van der Waals surface area contributed by atoms with Gasteiger partial charge in [-0.2, -0.15) is 0 Å². The Hall–Kier alpha value is -2.19. The minimum atomic E-state index is -0.968. The van der Waals surface area contributed by atoms with E-state index in [1.165, 1.54) is 0 Å². The van der Waals surface area contributed by atoms with E-state index in [9.17, 15) is 14.4 Å². The number of amides is 3. The first-order chi connectivity index (χ1) is 17.3. The van der Waals surface area contributed by atoms with E-state index in [4.69, 9.17) is 9.84 Å². The second-order valence-electron chi connectivity index (χ2n) is 10.7. The van der Waals surface area contributed by atoms with Gasteiger partial charge in [0.05, 0.1) is 17.9 Å². The quantitative estimate of drug-likeness (QED) is 0.274. The molecule has 3 fully saturated rings. The molecule has 0 saturated carbocycles.